The van der Waals surface area contributed by atoms with E-state index in [1.807, 2.05) is 30.3 Å². The van der Waals surface area contributed by atoms with Crippen molar-refractivity contribution in [1.29, 1.82) is 0 Å². The van der Waals surface area contributed by atoms with Gasteiger partial charge in [-0.05, 0) is 54.8 Å². The SMILES string of the molecule is O=C(CCCCCN1C(=O)c2ccccc2C1=O)Oc1ccc(C(=O)OCc2ccccc2)cc1. The molecule has 178 valence electrons. The van der Waals surface area contributed by atoms with Gasteiger partial charge in [0, 0.05) is 13.0 Å². The summed E-state index contributed by atoms with van der Waals surface area (Å²) in [5.41, 5.74) is 2.15. The van der Waals surface area contributed by atoms with Crippen molar-refractivity contribution in [1.82, 2.24) is 4.90 Å². The van der Waals surface area contributed by atoms with E-state index >= 15 is 0 Å². The molecule has 0 unspecified atom stereocenters. The summed E-state index contributed by atoms with van der Waals surface area (Å²) in [6.07, 6.45) is 2.07. The Kier molecular flexibility index (Phi) is 7.67. The van der Waals surface area contributed by atoms with E-state index in [2.05, 4.69) is 0 Å². The molecule has 7 nitrogen and oxygen atoms in total. The van der Waals surface area contributed by atoms with Gasteiger partial charge in [-0.1, -0.05) is 48.9 Å². The third kappa shape index (κ3) is 6.00. The highest BCUT2D eigenvalue weighted by Gasteiger charge is 2.34. The number of amides is 2. The molecule has 0 radical (unpaired) electrons. The third-order valence-electron chi connectivity index (χ3n) is 5.68. The lowest BCUT2D eigenvalue weighted by atomic mass is 10.1. The van der Waals surface area contributed by atoms with Crippen molar-refractivity contribution in [2.45, 2.75) is 32.3 Å². The first kappa shape index (κ1) is 23.9. The van der Waals surface area contributed by atoms with Crippen LogP contribution in [0.1, 0.15) is 62.3 Å². The minimum absolute atomic E-state index is 0.184. The van der Waals surface area contributed by atoms with Crippen LogP contribution in [0, 0.1) is 0 Å². The van der Waals surface area contributed by atoms with Crippen molar-refractivity contribution in [3.05, 3.63) is 101 Å². The molecular weight excluding hydrogens is 446 g/mol. The number of esters is 2. The Bertz CT molecular complexity index is 1180. The number of fused-ring (bicyclic) bond motifs is 1. The number of benzene rings is 3. The molecule has 0 atom stereocenters. The van der Waals surface area contributed by atoms with Crippen LogP contribution in [0.3, 0.4) is 0 Å². The molecule has 1 aliphatic heterocycles. The van der Waals surface area contributed by atoms with Gasteiger partial charge in [0.25, 0.3) is 11.8 Å². The molecule has 1 aliphatic rings. The topological polar surface area (TPSA) is 90.0 Å². The zero-order valence-corrected chi connectivity index (χ0v) is 19.1. The molecule has 7 heteroatoms. The van der Waals surface area contributed by atoms with E-state index in [1.165, 1.54) is 4.90 Å². The fourth-order valence-electron chi connectivity index (χ4n) is 3.81. The number of nitrogens with zero attached hydrogens (tertiary/aromatic N) is 1. The first-order chi connectivity index (χ1) is 17.0. The Morgan fingerprint density at radius 1 is 0.714 bits per heavy atom. The van der Waals surface area contributed by atoms with Crippen molar-refractivity contribution in [2.24, 2.45) is 0 Å². The molecule has 3 aromatic carbocycles. The quantitative estimate of drug-likeness (QED) is 0.183. The summed E-state index contributed by atoms with van der Waals surface area (Å²) in [5.74, 6) is -1.02. The van der Waals surface area contributed by atoms with E-state index in [4.69, 9.17) is 9.47 Å². The van der Waals surface area contributed by atoms with Gasteiger partial charge in [-0.25, -0.2) is 4.79 Å². The zero-order valence-electron chi connectivity index (χ0n) is 19.1. The summed E-state index contributed by atoms with van der Waals surface area (Å²) >= 11 is 0. The number of ether oxygens (including phenoxy) is 2. The number of rotatable bonds is 10. The Morgan fingerprint density at radius 3 is 2.00 bits per heavy atom. The highest BCUT2D eigenvalue weighted by Crippen LogP contribution is 2.23. The summed E-state index contributed by atoms with van der Waals surface area (Å²) < 4.78 is 10.6. The minimum Gasteiger partial charge on any atom is -0.457 e. The van der Waals surface area contributed by atoms with Gasteiger partial charge in [-0.3, -0.25) is 19.3 Å². The van der Waals surface area contributed by atoms with Crippen LogP contribution in [0.4, 0.5) is 0 Å². The molecule has 0 fully saturated rings. The largest absolute Gasteiger partial charge is 0.457 e. The lowest BCUT2D eigenvalue weighted by molar-refractivity contribution is -0.134. The number of hydrogen-bond donors (Lipinski definition) is 0. The maximum Gasteiger partial charge on any atom is 0.338 e. The molecule has 0 aliphatic carbocycles. The Labute approximate surface area is 203 Å². The van der Waals surface area contributed by atoms with E-state index in [-0.39, 0.29) is 30.8 Å². The summed E-state index contributed by atoms with van der Waals surface area (Å²) in [7, 11) is 0. The molecule has 1 heterocycles. The van der Waals surface area contributed by atoms with Gasteiger partial charge >= 0.3 is 11.9 Å². The van der Waals surface area contributed by atoms with Crippen LogP contribution < -0.4 is 4.74 Å². The first-order valence-corrected chi connectivity index (χ1v) is 11.5. The molecule has 0 saturated carbocycles. The zero-order chi connectivity index (χ0) is 24.6. The summed E-state index contributed by atoms with van der Waals surface area (Å²) in [5, 5.41) is 0. The standard InChI is InChI=1S/C28H25NO6/c30-25(13-5-2-8-18-29-26(31)23-11-6-7-12-24(23)27(29)32)35-22-16-14-21(15-17-22)28(33)34-19-20-9-3-1-4-10-20/h1,3-4,6-7,9-12,14-17H,2,5,8,13,18-19H2. The number of imide groups is 1. The van der Waals surface area contributed by atoms with Crippen molar-refractivity contribution in [3.63, 3.8) is 0 Å². The second kappa shape index (κ2) is 11.2. The summed E-state index contributed by atoms with van der Waals surface area (Å²) in [6, 6.07) is 22.4. The van der Waals surface area contributed by atoms with Crippen molar-refractivity contribution < 1.29 is 28.7 Å². The van der Waals surface area contributed by atoms with Crippen LogP contribution in [0.15, 0.2) is 78.9 Å². The molecule has 35 heavy (non-hydrogen) atoms. The average Bonchev–Trinajstić information content (AvgIpc) is 3.13. The van der Waals surface area contributed by atoms with Gasteiger partial charge < -0.3 is 9.47 Å². The smallest absolute Gasteiger partial charge is 0.338 e. The number of carbonyl (C=O) groups excluding carboxylic acids is 4. The molecule has 3 aromatic rings. The van der Waals surface area contributed by atoms with Crippen LogP contribution in [0.25, 0.3) is 0 Å². The van der Waals surface area contributed by atoms with Crippen molar-refractivity contribution in [2.75, 3.05) is 6.54 Å². The molecular formula is C28H25NO6. The summed E-state index contributed by atoms with van der Waals surface area (Å²) in [6.45, 7) is 0.507. The number of unbranched alkanes of at least 4 members (excludes halogenated alkanes) is 2. The van der Waals surface area contributed by atoms with Crippen LogP contribution in [0.2, 0.25) is 0 Å². The third-order valence-corrected chi connectivity index (χ3v) is 5.68. The Balaban J connectivity index is 1.15. The van der Waals surface area contributed by atoms with Crippen molar-refractivity contribution >= 4 is 23.8 Å². The highest BCUT2D eigenvalue weighted by atomic mass is 16.5. The van der Waals surface area contributed by atoms with E-state index in [9.17, 15) is 19.2 Å². The van der Waals surface area contributed by atoms with Crippen LogP contribution in [-0.2, 0) is 16.1 Å². The average molecular weight is 472 g/mol. The second-order valence-electron chi connectivity index (χ2n) is 8.18. The molecule has 0 aromatic heterocycles. The fraction of sp³-hybridized carbons (Fsp3) is 0.214. The van der Waals surface area contributed by atoms with Gasteiger partial charge in [0.15, 0.2) is 0 Å². The number of hydrogen-bond acceptors (Lipinski definition) is 6. The van der Waals surface area contributed by atoms with Gasteiger partial charge in [0.05, 0.1) is 16.7 Å². The first-order valence-electron chi connectivity index (χ1n) is 11.5. The summed E-state index contributed by atoms with van der Waals surface area (Å²) in [4.78, 5) is 50.3. The van der Waals surface area contributed by atoms with E-state index in [0.717, 1.165) is 5.56 Å². The molecule has 0 bridgehead atoms. The fourth-order valence-corrected chi connectivity index (χ4v) is 3.81. The normalized spacial score (nSPS) is 12.4. The molecule has 0 spiro atoms. The van der Waals surface area contributed by atoms with Crippen LogP contribution in [-0.4, -0.2) is 35.2 Å². The van der Waals surface area contributed by atoms with E-state index < -0.39 is 5.97 Å². The lowest BCUT2D eigenvalue weighted by Crippen LogP contribution is -2.30. The highest BCUT2D eigenvalue weighted by molar-refractivity contribution is 6.21. The van der Waals surface area contributed by atoms with Crippen LogP contribution in [0.5, 0.6) is 5.75 Å². The van der Waals surface area contributed by atoms with Crippen molar-refractivity contribution in [3.8, 4) is 5.75 Å². The van der Waals surface area contributed by atoms with Crippen LogP contribution >= 0.6 is 0 Å². The lowest BCUT2D eigenvalue weighted by Gasteiger charge is -2.13. The van der Waals surface area contributed by atoms with Gasteiger partial charge in [-0.2, -0.15) is 0 Å². The Hall–Kier alpha value is -4.26. The molecule has 0 N–H and O–H groups in total. The second-order valence-corrected chi connectivity index (χ2v) is 8.18. The molecule has 0 saturated heterocycles. The predicted octanol–water partition coefficient (Wildman–Crippen LogP) is 4.81. The predicted molar refractivity (Wildman–Crippen MR) is 128 cm³/mol. The van der Waals surface area contributed by atoms with Gasteiger partial charge in [0.2, 0.25) is 0 Å². The molecule has 4 rings (SSSR count). The maximum absolute atomic E-state index is 12.4. The van der Waals surface area contributed by atoms with E-state index in [1.54, 1.807) is 48.5 Å². The molecule has 2 amide bonds. The maximum atomic E-state index is 12.4. The Morgan fingerprint density at radius 2 is 1.34 bits per heavy atom. The number of carbonyl (C=O) groups is 4. The van der Waals surface area contributed by atoms with Gasteiger partial charge in [0.1, 0.15) is 12.4 Å². The van der Waals surface area contributed by atoms with Gasteiger partial charge in [-0.15, -0.1) is 0 Å². The van der Waals surface area contributed by atoms with E-state index in [0.29, 0.717) is 48.2 Å². The monoisotopic (exact) mass is 471 g/mol. The minimum atomic E-state index is -0.454.